The fraction of sp³-hybridized carbons (Fsp3) is 0.273. The topological polar surface area (TPSA) is 143 Å². The van der Waals surface area contributed by atoms with E-state index >= 15 is 0 Å². The lowest BCUT2D eigenvalue weighted by Gasteiger charge is -2.11. The molecule has 0 aliphatic carbocycles. The van der Waals surface area contributed by atoms with E-state index in [1.54, 1.807) is 0 Å². The number of nitrogens with one attached hydrogen (secondary N) is 1. The molecule has 0 bridgehead atoms. The summed E-state index contributed by atoms with van der Waals surface area (Å²) in [4.78, 5) is 48.6. The molecule has 10 heteroatoms. The molecule has 1 aliphatic heterocycles. The van der Waals surface area contributed by atoms with E-state index in [0.717, 1.165) is 17.2 Å². The Kier molecular flexibility index (Phi) is 3.52. The monoisotopic (exact) mass is 294 g/mol. The average Bonchev–Trinajstić information content (AvgIpc) is 2.66. The quantitative estimate of drug-likeness (QED) is 0.443. The number of hydrogen-bond donors (Lipinski definition) is 2. The van der Waals surface area contributed by atoms with Gasteiger partial charge in [0.1, 0.15) is 6.04 Å². The molecule has 1 atom stereocenters. The number of likely N-dealkylation sites (N-methyl/N-ethyl adjacent to an activating group) is 1. The highest BCUT2D eigenvalue weighted by atomic mass is 16.6. The first kappa shape index (κ1) is 14.4. The van der Waals surface area contributed by atoms with Gasteiger partial charge in [0.15, 0.2) is 0 Å². The van der Waals surface area contributed by atoms with E-state index in [2.05, 4.69) is 10.3 Å². The third kappa shape index (κ3) is 2.63. The molecule has 1 saturated heterocycles. The second-order valence-electron chi connectivity index (χ2n) is 4.35. The largest absolute Gasteiger partial charge is 0.478 e. The number of carboxylic acid groups (broad SMARTS) is 1. The second-order valence-corrected chi connectivity index (χ2v) is 4.35. The van der Waals surface area contributed by atoms with Crippen LogP contribution in [-0.4, -0.2) is 50.8 Å². The number of pyridine rings is 1. The van der Waals surface area contributed by atoms with E-state index in [1.807, 2.05) is 0 Å². The Bertz CT molecular complexity index is 658. The minimum Gasteiger partial charge on any atom is -0.478 e. The minimum absolute atomic E-state index is 0.144. The van der Waals surface area contributed by atoms with Crippen molar-refractivity contribution in [3.8, 4) is 0 Å². The van der Waals surface area contributed by atoms with Crippen LogP contribution in [-0.2, 0) is 9.59 Å². The van der Waals surface area contributed by atoms with Crippen LogP contribution in [0, 0.1) is 10.1 Å². The van der Waals surface area contributed by atoms with Crippen molar-refractivity contribution in [1.82, 2.24) is 9.88 Å². The number of nitrogens with zero attached hydrogens (tertiary/aromatic N) is 3. The van der Waals surface area contributed by atoms with Crippen molar-refractivity contribution in [1.29, 1.82) is 0 Å². The molecule has 1 aliphatic rings. The first-order valence-electron chi connectivity index (χ1n) is 5.76. The first-order valence-corrected chi connectivity index (χ1v) is 5.76. The maximum absolute atomic E-state index is 11.7. The van der Waals surface area contributed by atoms with Gasteiger partial charge in [-0.25, -0.2) is 9.78 Å². The van der Waals surface area contributed by atoms with Gasteiger partial charge in [0.2, 0.25) is 11.7 Å². The number of aromatic carboxylic acids is 1. The zero-order valence-corrected chi connectivity index (χ0v) is 10.8. The highest BCUT2D eigenvalue weighted by molar-refractivity contribution is 6.06. The third-order valence-corrected chi connectivity index (χ3v) is 3.00. The van der Waals surface area contributed by atoms with Gasteiger partial charge < -0.3 is 10.4 Å². The molecule has 1 aromatic rings. The number of anilines is 1. The molecule has 1 aromatic heterocycles. The summed E-state index contributed by atoms with van der Waals surface area (Å²) in [6.45, 7) is 0. The summed E-state index contributed by atoms with van der Waals surface area (Å²) in [6, 6.07) is -0.118. The lowest BCUT2D eigenvalue weighted by atomic mass is 10.2. The Hall–Kier alpha value is -3.04. The lowest BCUT2D eigenvalue weighted by Crippen LogP contribution is -2.32. The predicted molar refractivity (Wildman–Crippen MR) is 67.7 cm³/mol. The summed E-state index contributed by atoms with van der Waals surface area (Å²) in [5, 5.41) is 22.2. The number of carbonyl (C=O) groups excluding carboxylic acids is 2. The average molecular weight is 294 g/mol. The summed E-state index contributed by atoms with van der Waals surface area (Å²) in [6.07, 6.45) is 0.789. The Morgan fingerprint density at radius 3 is 2.71 bits per heavy atom. The highest BCUT2D eigenvalue weighted by Gasteiger charge is 2.37. The van der Waals surface area contributed by atoms with Crippen LogP contribution >= 0.6 is 0 Å². The minimum atomic E-state index is -1.36. The summed E-state index contributed by atoms with van der Waals surface area (Å²) >= 11 is 0. The number of carboxylic acids is 1. The standard InChI is InChI=1S/C11H10N4O6/c1-14-8(16)3-6(10(14)17)13-9-7(15(20)21)2-5(4-12-9)11(18)19/h2,4,6H,3H2,1H3,(H,12,13)(H,18,19). The van der Waals surface area contributed by atoms with Crippen LogP contribution in [0.5, 0.6) is 0 Å². The molecule has 0 aromatic carbocycles. The molecular formula is C11H10N4O6. The van der Waals surface area contributed by atoms with Crippen LogP contribution in [0.15, 0.2) is 12.3 Å². The van der Waals surface area contributed by atoms with Gasteiger partial charge in [-0.05, 0) is 0 Å². The summed E-state index contributed by atoms with van der Waals surface area (Å²) < 4.78 is 0. The molecule has 2 N–H and O–H groups in total. The number of amides is 2. The smallest absolute Gasteiger partial charge is 0.337 e. The fourth-order valence-corrected chi connectivity index (χ4v) is 1.85. The number of carbonyl (C=O) groups is 3. The van der Waals surface area contributed by atoms with Crippen molar-refractivity contribution in [2.24, 2.45) is 0 Å². The van der Waals surface area contributed by atoms with Gasteiger partial charge in [-0.1, -0.05) is 0 Å². The molecule has 2 amide bonds. The van der Waals surface area contributed by atoms with Crippen LogP contribution in [0.3, 0.4) is 0 Å². The van der Waals surface area contributed by atoms with Crippen molar-refractivity contribution >= 4 is 29.3 Å². The van der Waals surface area contributed by atoms with E-state index in [0.29, 0.717) is 0 Å². The van der Waals surface area contributed by atoms with E-state index in [1.165, 1.54) is 7.05 Å². The van der Waals surface area contributed by atoms with Crippen LogP contribution < -0.4 is 5.32 Å². The summed E-state index contributed by atoms with van der Waals surface area (Å²) in [7, 11) is 1.31. The molecule has 1 unspecified atom stereocenters. The zero-order chi connectivity index (χ0) is 15.7. The molecule has 10 nitrogen and oxygen atoms in total. The number of rotatable bonds is 4. The normalized spacial score (nSPS) is 18.0. The van der Waals surface area contributed by atoms with Gasteiger partial charge in [0.05, 0.1) is 16.9 Å². The second kappa shape index (κ2) is 5.15. The molecule has 2 heterocycles. The molecule has 2 rings (SSSR count). The number of imide groups is 1. The fourth-order valence-electron chi connectivity index (χ4n) is 1.85. The number of hydrogen-bond acceptors (Lipinski definition) is 7. The van der Waals surface area contributed by atoms with Gasteiger partial charge in [-0.3, -0.25) is 24.6 Å². The molecule has 0 saturated carbocycles. The van der Waals surface area contributed by atoms with Crippen molar-refractivity contribution in [3.05, 3.63) is 27.9 Å². The van der Waals surface area contributed by atoms with Crippen molar-refractivity contribution in [3.63, 3.8) is 0 Å². The summed E-state index contributed by atoms with van der Waals surface area (Å²) in [5.74, 6) is -2.56. The Balaban J connectivity index is 2.32. The van der Waals surface area contributed by atoms with Crippen LogP contribution in [0.1, 0.15) is 16.8 Å². The molecule has 21 heavy (non-hydrogen) atoms. The van der Waals surface area contributed by atoms with Crippen molar-refractivity contribution in [2.45, 2.75) is 12.5 Å². The van der Waals surface area contributed by atoms with E-state index in [-0.39, 0.29) is 17.8 Å². The predicted octanol–water partition coefficient (Wildman–Crippen LogP) is -0.143. The molecular weight excluding hydrogens is 284 g/mol. The SMILES string of the molecule is CN1C(=O)CC(Nc2ncc(C(=O)O)cc2[N+](=O)[O-])C1=O. The Labute approximate surface area is 117 Å². The number of nitro groups is 1. The highest BCUT2D eigenvalue weighted by Crippen LogP contribution is 2.25. The zero-order valence-electron chi connectivity index (χ0n) is 10.8. The van der Waals surface area contributed by atoms with Gasteiger partial charge in [-0.2, -0.15) is 0 Å². The van der Waals surface area contributed by atoms with Crippen LogP contribution in [0.4, 0.5) is 11.5 Å². The number of likely N-dealkylation sites (tertiary alicyclic amines) is 1. The first-order chi connectivity index (χ1) is 9.81. The van der Waals surface area contributed by atoms with Crippen molar-refractivity contribution < 1.29 is 24.4 Å². The van der Waals surface area contributed by atoms with Gasteiger partial charge in [-0.15, -0.1) is 0 Å². The lowest BCUT2D eigenvalue weighted by molar-refractivity contribution is -0.384. The van der Waals surface area contributed by atoms with Crippen LogP contribution in [0.25, 0.3) is 0 Å². The Morgan fingerprint density at radius 1 is 1.57 bits per heavy atom. The maximum atomic E-state index is 11.7. The van der Waals surface area contributed by atoms with E-state index in [9.17, 15) is 24.5 Å². The van der Waals surface area contributed by atoms with E-state index in [4.69, 9.17) is 5.11 Å². The molecule has 0 spiro atoms. The van der Waals surface area contributed by atoms with Crippen molar-refractivity contribution in [2.75, 3.05) is 12.4 Å². The molecule has 0 radical (unpaired) electrons. The van der Waals surface area contributed by atoms with Gasteiger partial charge in [0, 0.05) is 19.3 Å². The van der Waals surface area contributed by atoms with Crippen LogP contribution in [0.2, 0.25) is 0 Å². The van der Waals surface area contributed by atoms with Gasteiger partial charge in [0.25, 0.3) is 5.91 Å². The maximum Gasteiger partial charge on any atom is 0.337 e. The third-order valence-electron chi connectivity index (χ3n) is 3.00. The summed E-state index contributed by atoms with van der Waals surface area (Å²) in [5.41, 5.74) is -0.928. The molecule has 1 fully saturated rings. The number of aromatic nitrogens is 1. The van der Waals surface area contributed by atoms with Gasteiger partial charge >= 0.3 is 11.7 Å². The van der Waals surface area contributed by atoms with E-state index < -0.39 is 34.4 Å². The Morgan fingerprint density at radius 2 is 2.24 bits per heavy atom. The molecule has 110 valence electrons.